The summed E-state index contributed by atoms with van der Waals surface area (Å²) < 4.78 is 10.3. The van der Waals surface area contributed by atoms with Gasteiger partial charge in [-0.25, -0.2) is 9.59 Å². The summed E-state index contributed by atoms with van der Waals surface area (Å²) >= 11 is 12.3. The van der Waals surface area contributed by atoms with Crippen molar-refractivity contribution in [2.45, 2.75) is 51.2 Å². The predicted molar refractivity (Wildman–Crippen MR) is 149 cm³/mol. The zero-order chi connectivity index (χ0) is 27.9. The summed E-state index contributed by atoms with van der Waals surface area (Å²) in [6.45, 7) is 6.41. The number of piperidine rings is 1. The van der Waals surface area contributed by atoms with Gasteiger partial charge >= 0.3 is 12.1 Å². The maximum absolute atomic E-state index is 12.7. The summed E-state index contributed by atoms with van der Waals surface area (Å²) in [4.78, 5) is 39.3. The molecule has 0 aliphatic carbocycles. The van der Waals surface area contributed by atoms with Gasteiger partial charge in [0.05, 0.1) is 22.3 Å². The Labute approximate surface area is 233 Å². The predicted octanol–water partition coefficient (Wildman–Crippen LogP) is 5.88. The molecule has 206 valence electrons. The molecular weight excluding hydrogens is 531 g/mol. The van der Waals surface area contributed by atoms with Crippen LogP contribution < -0.4 is 16.0 Å². The van der Waals surface area contributed by atoms with Gasteiger partial charge in [0.2, 0.25) is 5.91 Å². The van der Waals surface area contributed by atoms with E-state index in [1.165, 1.54) is 7.11 Å². The molecule has 0 saturated carbocycles. The summed E-state index contributed by atoms with van der Waals surface area (Å²) in [5.41, 5.74) is 1.45. The maximum Gasteiger partial charge on any atom is 0.408 e. The van der Waals surface area contributed by atoms with Crippen LogP contribution in [-0.2, 0) is 14.3 Å². The number of rotatable bonds is 7. The molecule has 3 rings (SSSR count). The largest absolute Gasteiger partial charge is 0.444 e. The second-order valence-electron chi connectivity index (χ2n) is 10.1. The summed E-state index contributed by atoms with van der Waals surface area (Å²) in [5.74, 6) is -0.133. The highest BCUT2D eigenvalue weighted by Gasteiger charge is 2.26. The van der Waals surface area contributed by atoms with Crippen molar-refractivity contribution in [2.75, 3.05) is 37.4 Å². The van der Waals surface area contributed by atoms with E-state index in [4.69, 9.17) is 32.7 Å². The Morgan fingerprint density at radius 1 is 1.00 bits per heavy atom. The van der Waals surface area contributed by atoms with E-state index in [0.29, 0.717) is 34.5 Å². The third-order valence-corrected chi connectivity index (χ3v) is 6.60. The van der Waals surface area contributed by atoms with Gasteiger partial charge in [0.15, 0.2) is 0 Å². The van der Waals surface area contributed by atoms with E-state index in [9.17, 15) is 14.4 Å². The van der Waals surface area contributed by atoms with Crippen LogP contribution in [0.2, 0.25) is 10.0 Å². The van der Waals surface area contributed by atoms with Gasteiger partial charge in [-0.3, -0.25) is 4.79 Å². The van der Waals surface area contributed by atoms with Crippen molar-refractivity contribution in [3.05, 3.63) is 58.1 Å². The highest BCUT2D eigenvalue weighted by molar-refractivity contribution is 6.39. The maximum atomic E-state index is 12.7. The molecule has 0 aromatic heterocycles. The molecule has 1 heterocycles. The van der Waals surface area contributed by atoms with Crippen LogP contribution in [0, 0.1) is 0 Å². The third-order valence-electron chi connectivity index (χ3n) is 5.97. The van der Waals surface area contributed by atoms with Crippen molar-refractivity contribution in [3.63, 3.8) is 0 Å². The Morgan fingerprint density at radius 3 is 2.16 bits per heavy atom. The molecule has 0 radical (unpaired) electrons. The van der Waals surface area contributed by atoms with Crippen LogP contribution in [0.4, 0.5) is 21.0 Å². The van der Waals surface area contributed by atoms with Gasteiger partial charge in [0, 0.05) is 25.9 Å². The fraction of sp³-hybridized carbons (Fsp3) is 0.444. The third kappa shape index (κ3) is 8.51. The Bertz CT molecular complexity index is 1110. The van der Waals surface area contributed by atoms with E-state index in [-0.39, 0.29) is 18.6 Å². The van der Waals surface area contributed by atoms with E-state index < -0.39 is 23.6 Å². The quantitative estimate of drug-likeness (QED) is 0.389. The summed E-state index contributed by atoms with van der Waals surface area (Å²) in [6, 6.07) is 11.5. The number of nitrogens with zero attached hydrogens (tertiary/aromatic N) is 1. The van der Waals surface area contributed by atoms with Crippen molar-refractivity contribution in [1.29, 1.82) is 0 Å². The van der Waals surface area contributed by atoms with Crippen LogP contribution in [0.15, 0.2) is 42.5 Å². The number of ether oxygens (including phenoxy) is 2. The first-order chi connectivity index (χ1) is 18.0. The molecule has 1 saturated heterocycles. The van der Waals surface area contributed by atoms with Crippen molar-refractivity contribution in [3.8, 4) is 0 Å². The number of hydrogen-bond donors (Lipinski definition) is 3. The van der Waals surface area contributed by atoms with Crippen molar-refractivity contribution < 1.29 is 23.9 Å². The fourth-order valence-corrected chi connectivity index (χ4v) is 4.58. The minimum atomic E-state index is -0.911. The Kier molecular flexibility index (Phi) is 10.2. The average Bonchev–Trinajstić information content (AvgIpc) is 2.85. The summed E-state index contributed by atoms with van der Waals surface area (Å²) in [5, 5.41) is 8.94. The lowest BCUT2D eigenvalue weighted by molar-refractivity contribution is -0.119. The molecule has 1 aliphatic heterocycles. The van der Waals surface area contributed by atoms with Crippen LogP contribution in [0.1, 0.15) is 45.1 Å². The monoisotopic (exact) mass is 564 g/mol. The molecule has 2 aromatic carbocycles. The van der Waals surface area contributed by atoms with Crippen LogP contribution >= 0.6 is 23.2 Å². The van der Waals surface area contributed by atoms with E-state index in [1.807, 2.05) is 24.3 Å². The number of benzene rings is 2. The Hall–Kier alpha value is -3.01. The molecule has 0 spiro atoms. The second kappa shape index (κ2) is 13.2. The lowest BCUT2D eigenvalue weighted by atomic mass is 9.89. The number of anilines is 2. The van der Waals surface area contributed by atoms with Crippen molar-refractivity contribution in [1.82, 2.24) is 10.2 Å². The second-order valence-corrected chi connectivity index (χ2v) is 10.9. The molecule has 3 N–H and O–H groups in total. The van der Waals surface area contributed by atoms with E-state index in [2.05, 4.69) is 16.0 Å². The zero-order valence-corrected chi connectivity index (χ0v) is 23.5. The first-order valence-electron chi connectivity index (χ1n) is 12.4. The lowest BCUT2D eigenvalue weighted by Crippen LogP contribution is -2.48. The number of likely N-dealkylation sites (tertiary alicyclic amines) is 1. The first-order valence-corrected chi connectivity index (χ1v) is 13.1. The van der Waals surface area contributed by atoms with Gasteiger partial charge in [0.1, 0.15) is 11.6 Å². The number of methoxy groups -OCH3 is 1. The normalized spacial score (nSPS) is 14.9. The van der Waals surface area contributed by atoms with Crippen LogP contribution in [0.25, 0.3) is 0 Å². The molecular formula is C27H34Cl2N4O5. The van der Waals surface area contributed by atoms with E-state index >= 15 is 0 Å². The number of nitrogens with one attached hydrogen (secondary N) is 3. The van der Waals surface area contributed by atoms with Crippen LogP contribution in [-0.4, -0.2) is 61.4 Å². The molecule has 11 heteroatoms. The standard InChI is InChI=1S/C27H34Cl2N4O5/c1-27(2,3)38-26(36)31-22(16-37-4)24(34)30-19-10-8-17(9-11-19)18-12-14-33(15-13-18)25(35)32-23-20(28)6-5-7-21(23)29/h5-11,18,22H,12-16H2,1-4H3,(H,30,34)(H,31,36)(H,32,35). The number of carbonyl (C=O) groups excluding carboxylic acids is 3. The molecule has 0 bridgehead atoms. The van der Waals surface area contributed by atoms with Gasteiger partial charge in [-0.2, -0.15) is 0 Å². The minimum absolute atomic E-state index is 0.00199. The Balaban J connectivity index is 1.52. The number of hydrogen-bond acceptors (Lipinski definition) is 5. The van der Waals surface area contributed by atoms with Crippen molar-refractivity contribution in [2.24, 2.45) is 0 Å². The number of amides is 4. The SMILES string of the molecule is COCC(NC(=O)OC(C)(C)C)C(=O)Nc1ccc(C2CCN(C(=O)Nc3c(Cl)cccc3Cl)CC2)cc1. The zero-order valence-electron chi connectivity index (χ0n) is 22.0. The number of urea groups is 1. The number of para-hydroxylation sites is 1. The summed E-state index contributed by atoms with van der Waals surface area (Å²) in [7, 11) is 1.45. The topological polar surface area (TPSA) is 109 Å². The molecule has 1 aliphatic rings. The highest BCUT2D eigenvalue weighted by Crippen LogP contribution is 2.32. The highest BCUT2D eigenvalue weighted by atomic mass is 35.5. The van der Waals surface area contributed by atoms with E-state index in [0.717, 1.165) is 18.4 Å². The minimum Gasteiger partial charge on any atom is -0.444 e. The van der Waals surface area contributed by atoms with Gasteiger partial charge in [-0.15, -0.1) is 0 Å². The lowest BCUT2D eigenvalue weighted by Gasteiger charge is -2.32. The fourth-order valence-electron chi connectivity index (χ4n) is 4.09. The molecule has 2 aromatic rings. The van der Waals surface area contributed by atoms with Crippen molar-refractivity contribution >= 4 is 52.6 Å². The Morgan fingerprint density at radius 2 is 1.61 bits per heavy atom. The van der Waals surface area contributed by atoms with Gasteiger partial charge in [-0.1, -0.05) is 41.4 Å². The average molecular weight is 565 g/mol. The molecule has 1 atom stereocenters. The molecule has 4 amide bonds. The van der Waals surface area contributed by atoms with Gasteiger partial charge in [-0.05, 0) is 69.4 Å². The molecule has 1 unspecified atom stereocenters. The summed E-state index contributed by atoms with van der Waals surface area (Å²) in [6.07, 6.45) is 0.899. The molecule has 38 heavy (non-hydrogen) atoms. The van der Waals surface area contributed by atoms with Gasteiger partial charge in [0.25, 0.3) is 0 Å². The van der Waals surface area contributed by atoms with E-state index in [1.54, 1.807) is 43.9 Å². The molecule has 1 fully saturated rings. The van der Waals surface area contributed by atoms with Gasteiger partial charge < -0.3 is 30.3 Å². The number of carbonyl (C=O) groups is 3. The molecule has 9 nitrogen and oxygen atoms in total. The van der Waals surface area contributed by atoms with Crippen LogP contribution in [0.5, 0.6) is 0 Å². The van der Waals surface area contributed by atoms with Crippen LogP contribution in [0.3, 0.4) is 0 Å². The first kappa shape index (κ1) is 29.5. The smallest absolute Gasteiger partial charge is 0.408 e. The number of halogens is 2. The number of alkyl carbamates (subject to hydrolysis) is 1.